The average molecular weight is 501 g/mol. The van der Waals surface area contributed by atoms with Gasteiger partial charge in [0.25, 0.3) is 0 Å². The Balaban J connectivity index is 5.42. The molecule has 0 aromatic carbocycles. The number of carboxylic acids is 1. The zero-order chi connectivity index (χ0) is 15.6. The van der Waals surface area contributed by atoms with Gasteiger partial charge in [-0.05, 0) is 0 Å². The number of halogens is 1. The van der Waals surface area contributed by atoms with E-state index >= 15 is 0 Å². The predicted octanol–water partition coefficient (Wildman–Crippen LogP) is 6.17. The summed E-state index contributed by atoms with van der Waals surface area (Å²) in [5.74, 6) is -0.714. The first kappa shape index (κ1) is 20.7. The van der Waals surface area contributed by atoms with Gasteiger partial charge in [-0.2, -0.15) is 0 Å². The van der Waals surface area contributed by atoms with Crippen LogP contribution < -0.4 is 0 Å². The van der Waals surface area contributed by atoms with Crippen LogP contribution in [-0.2, 0) is 4.79 Å². The topological polar surface area (TPSA) is 37.3 Å². The van der Waals surface area contributed by atoms with E-state index in [1.54, 1.807) is 0 Å². The van der Waals surface area contributed by atoms with Gasteiger partial charge in [-0.1, -0.05) is 0 Å². The van der Waals surface area contributed by atoms with Crippen molar-refractivity contribution in [2.75, 3.05) is 0 Å². The van der Waals surface area contributed by atoms with E-state index in [0.717, 1.165) is 0 Å². The van der Waals surface area contributed by atoms with Gasteiger partial charge in [-0.3, -0.25) is 0 Å². The van der Waals surface area contributed by atoms with Crippen molar-refractivity contribution in [2.24, 2.45) is 0 Å². The van der Waals surface area contributed by atoms with E-state index in [1.165, 1.54) is 55.4 Å². The molecule has 0 heterocycles. The molecular formula is C16H31IO2Sn. The van der Waals surface area contributed by atoms with Gasteiger partial charge in [0.15, 0.2) is 0 Å². The molecule has 0 aliphatic carbocycles. The first-order chi connectivity index (χ1) is 9.45. The Labute approximate surface area is 142 Å². The summed E-state index contributed by atoms with van der Waals surface area (Å²) < 4.78 is 5.98. The van der Waals surface area contributed by atoms with E-state index < -0.39 is 24.3 Å². The average Bonchev–Trinajstić information content (AvgIpc) is 2.45. The minimum absolute atomic E-state index is 0.627. The third-order valence-corrected chi connectivity index (χ3v) is 23.5. The van der Waals surface area contributed by atoms with E-state index in [4.69, 9.17) is 0 Å². The minimum atomic E-state index is -2.47. The van der Waals surface area contributed by atoms with Crippen molar-refractivity contribution in [1.29, 1.82) is 0 Å². The first-order valence-electron chi connectivity index (χ1n) is 8.05. The van der Waals surface area contributed by atoms with Crippen LogP contribution in [0.1, 0.15) is 66.2 Å². The number of hydrogen-bond donors (Lipinski definition) is 1. The van der Waals surface area contributed by atoms with Crippen molar-refractivity contribution in [3.8, 4) is 0 Å². The van der Waals surface area contributed by atoms with Crippen LogP contribution in [0.4, 0.5) is 0 Å². The van der Waals surface area contributed by atoms with Gasteiger partial charge in [0.2, 0.25) is 0 Å². The molecule has 118 valence electrons. The quantitative estimate of drug-likeness (QED) is 0.209. The molecular weight excluding hydrogens is 470 g/mol. The molecule has 0 spiro atoms. The van der Waals surface area contributed by atoms with Gasteiger partial charge in [0.05, 0.1) is 0 Å². The second-order valence-corrected chi connectivity index (χ2v) is 20.6. The SMILES string of the molecule is CCC[CH2][Sn]([CH2]CCC)([CH2]CCC)/[C](C)=C(\I)C(=O)O. The third-order valence-electron chi connectivity index (χ3n) is 4.34. The van der Waals surface area contributed by atoms with Gasteiger partial charge in [-0.25, -0.2) is 0 Å². The standard InChI is InChI=1S/C4H4IO2.3C4H9.Sn/c1-2-3(5)4(6)7;3*1-3-4-2;/h1H3,(H,6,7);3*1,3-4H2,2H3;. The Morgan fingerprint density at radius 2 is 1.30 bits per heavy atom. The van der Waals surface area contributed by atoms with Gasteiger partial charge in [0, 0.05) is 0 Å². The molecule has 0 unspecified atom stereocenters. The van der Waals surface area contributed by atoms with E-state index in [9.17, 15) is 9.90 Å². The van der Waals surface area contributed by atoms with E-state index in [1.807, 2.05) is 0 Å². The van der Waals surface area contributed by atoms with Gasteiger partial charge in [0.1, 0.15) is 0 Å². The van der Waals surface area contributed by atoms with Crippen LogP contribution in [0, 0.1) is 0 Å². The van der Waals surface area contributed by atoms with Crippen LogP contribution in [0.5, 0.6) is 0 Å². The second kappa shape index (κ2) is 11.3. The normalized spacial score (nSPS) is 13.2. The Kier molecular flexibility index (Phi) is 11.7. The van der Waals surface area contributed by atoms with E-state index in [0.29, 0.717) is 3.58 Å². The molecule has 0 aliphatic rings. The number of hydrogen-bond acceptors (Lipinski definition) is 1. The molecule has 0 aromatic rings. The molecule has 2 nitrogen and oxygen atoms in total. The second-order valence-electron chi connectivity index (χ2n) is 5.84. The van der Waals surface area contributed by atoms with Crippen LogP contribution in [0.15, 0.2) is 7.17 Å². The van der Waals surface area contributed by atoms with Gasteiger partial charge in [-0.15, -0.1) is 0 Å². The molecule has 0 saturated heterocycles. The summed E-state index contributed by atoms with van der Waals surface area (Å²) >= 11 is -0.398. The molecule has 0 amide bonds. The molecule has 4 heteroatoms. The van der Waals surface area contributed by atoms with Crippen molar-refractivity contribution < 1.29 is 9.90 Å². The Morgan fingerprint density at radius 3 is 1.55 bits per heavy atom. The zero-order valence-corrected chi connectivity index (χ0v) is 18.6. The fraction of sp³-hybridized carbons (Fsp3) is 0.812. The summed E-state index contributed by atoms with van der Waals surface area (Å²) in [5.41, 5.74) is 0. The van der Waals surface area contributed by atoms with Crippen molar-refractivity contribution in [1.82, 2.24) is 0 Å². The van der Waals surface area contributed by atoms with Crippen LogP contribution >= 0.6 is 22.6 Å². The Morgan fingerprint density at radius 1 is 0.950 bits per heavy atom. The number of unbranched alkanes of at least 4 members (excludes halogenated alkanes) is 3. The van der Waals surface area contributed by atoms with Crippen molar-refractivity contribution >= 4 is 46.9 Å². The van der Waals surface area contributed by atoms with Gasteiger partial charge >= 0.3 is 144 Å². The summed E-state index contributed by atoms with van der Waals surface area (Å²) in [5, 5.41) is 9.36. The summed E-state index contributed by atoms with van der Waals surface area (Å²) in [6.07, 6.45) is 7.54. The molecule has 0 saturated carbocycles. The summed E-state index contributed by atoms with van der Waals surface area (Å²) in [6.45, 7) is 8.89. The molecule has 0 aromatic heterocycles. The zero-order valence-electron chi connectivity index (χ0n) is 13.6. The number of carboxylic acid groups (broad SMARTS) is 1. The molecule has 1 N–H and O–H groups in total. The molecule has 0 radical (unpaired) electrons. The fourth-order valence-electron chi connectivity index (χ4n) is 2.88. The number of carbonyl (C=O) groups is 1. The third kappa shape index (κ3) is 6.67. The maximum atomic E-state index is 11.4. The van der Waals surface area contributed by atoms with Gasteiger partial charge < -0.3 is 0 Å². The van der Waals surface area contributed by atoms with Crippen LogP contribution in [0.3, 0.4) is 0 Å². The summed E-state index contributed by atoms with van der Waals surface area (Å²) in [6, 6.07) is 0. The van der Waals surface area contributed by atoms with Crippen LogP contribution in [-0.4, -0.2) is 29.5 Å². The van der Waals surface area contributed by atoms with Crippen molar-refractivity contribution in [2.45, 2.75) is 79.5 Å². The summed E-state index contributed by atoms with van der Waals surface area (Å²) in [4.78, 5) is 11.4. The molecule has 0 bridgehead atoms. The number of allylic oxidation sites excluding steroid dienone is 1. The Bertz CT molecular complexity index is 305. The number of rotatable bonds is 11. The van der Waals surface area contributed by atoms with E-state index in [2.05, 4.69) is 50.3 Å². The predicted molar refractivity (Wildman–Crippen MR) is 99.3 cm³/mol. The van der Waals surface area contributed by atoms with Crippen molar-refractivity contribution in [3.05, 3.63) is 7.17 Å². The molecule has 0 rings (SSSR count). The van der Waals surface area contributed by atoms with Crippen LogP contribution in [0.25, 0.3) is 0 Å². The van der Waals surface area contributed by atoms with E-state index in [-0.39, 0.29) is 0 Å². The molecule has 0 fully saturated rings. The van der Waals surface area contributed by atoms with Crippen molar-refractivity contribution in [3.63, 3.8) is 0 Å². The molecule has 0 atom stereocenters. The molecule has 20 heavy (non-hydrogen) atoms. The summed E-state index contributed by atoms with van der Waals surface area (Å²) in [7, 11) is 0. The number of aliphatic carboxylic acids is 1. The fourth-order valence-corrected chi connectivity index (χ4v) is 22.5. The van der Waals surface area contributed by atoms with Crippen LogP contribution in [0.2, 0.25) is 13.3 Å². The molecule has 0 aliphatic heterocycles. The first-order valence-corrected chi connectivity index (χ1v) is 16.6. The maximum absolute atomic E-state index is 11.4. The monoisotopic (exact) mass is 502 g/mol. The Hall–Kier alpha value is 0.739.